The summed E-state index contributed by atoms with van der Waals surface area (Å²) in [7, 11) is -3.29. The third-order valence-corrected chi connectivity index (χ3v) is 7.84. The third-order valence-electron chi connectivity index (χ3n) is 6.72. The summed E-state index contributed by atoms with van der Waals surface area (Å²) >= 11 is 0. The number of aromatic hydroxyl groups is 1. The number of likely N-dealkylation sites (tertiary alicyclic amines) is 1. The van der Waals surface area contributed by atoms with Gasteiger partial charge in [0.25, 0.3) is 0 Å². The van der Waals surface area contributed by atoms with Gasteiger partial charge in [0.15, 0.2) is 9.84 Å². The van der Waals surface area contributed by atoms with Crippen molar-refractivity contribution < 1.29 is 23.0 Å². The monoisotopic (exact) mass is 519 g/mol. The fourth-order valence-corrected chi connectivity index (χ4v) is 5.34. The van der Waals surface area contributed by atoms with Crippen LogP contribution in [0.5, 0.6) is 23.0 Å². The van der Waals surface area contributed by atoms with E-state index < -0.39 is 9.84 Å². The first kappa shape index (κ1) is 25.1. The third kappa shape index (κ3) is 6.06. The van der Waals surface area contributed by atoms with E-state index in [1.807, 2.05) is 42.5 Å². The standard InChI is InChI=1S/C30H31NO5S/c1-37(33,34)27-13-5-22(6-14-27)28-15-7-23-21-24(32)8-16-29(23)30(28)36-26-11-9-25(10-12-26)35-20-19-31-17-3-2-4-18-31/h5-16,21,32H,2-4,17-20H2,1H3/i30+2. The van der Waals surface area contributed by atoms with Gasteiger partial charge in [0, 0.05) is 23.8 Å². The van der Waals surface area contributed by atoms with Crippen LogP contribution in [0.4, 0.5) is 0 Å². The van der Waals surface area contributed by atoms with Gasteiger partial charge in [-0.3, -0.25) is 4.90 Å². The maximum Gasteiger partial charge on any atom is 0.175 e. The molecule has 0 unspecified atom stereocenters. The average molecular weight is 520 g/mol. The molecule has 4 aromatic rings. The van der Waals surface area contributed by atoms with Gasteiger partial charge in [0.1, 0.15) is 29.6 Å². The molecule has 5 rings (SSSR count). The Morgan fingerprint density at radius 1 is 0.865 bits per heavy atom. The summed E-state index contributed by atoms with van der Waals surface area (Å²) in [6.45, 7) is 3.89. The van der Waals surface area contributed by atoms with Crippen molar-refractivity contribution in [2.45, 2.75) is 24.2 Å². The molecule has 0 saturated carbocycles. The van der Waals surface area contributed by atoms with Gasteiger partial charge in [-0.1, -0.05) is 24.6 Å². The SMILES string of the molecule is CS(=O)(=O)c1ccc(-c2ccc3cc(O)ccc3[14c]2Oc2ccc(OCCN3CCCCC3)cc2)cc1. The van der Waals surface area contributed by atoms with E-state index in [4.69, 9.17) is 9.47 Å². The van der Waals surface area contributed by atoms with E-state index in [0.29, 0.717) is 18.1 Å². The lowest BCUT2D eigenvalue weighted by Gasteiger charge is -2.26. The minimum atomic E-state index is -3.29. The Labute approximate surface area is 218 Å². The molecule has 0 spiro atoms. The molecule has 1 aliphatic rings. The Morgan fingerprint density at radius 2 is 1.57 bits per heavy atom. The number of sulfone groups is 1. The normalized spacial score (nSPS) is 14.5. The predicted octanol–water partition coefficient (Wildman–Crippen LogP) is 6.27. The summed E-state index contributed by atoms with van der Waals surface area (Å²) in [6, 6.07) is 23.3. The van der Waals surface area contributed by atoms with Crippen molar-refractivity contribution in [2.24, 2.45) is 0 Å². The second kappa shape index (κ2) is 10.8. The zero-order chi connectivity index (χ0) is 25.8. The van der Waals surface area contributed by atoms with Crippen molar-refractivity contribution in [3.8, 4) is 34.1 Å². The minimum absolute atomic E-state index is 0.176. The number of rotatable bonds is 8. The van der Waals surface area contributed by atoms with Crippen LogP contribution in [0, 0.1) is 0 Å². The number of benzene rings is 4. The molecule has 1 aliphatic heterocycles. The Balaban J connectivity index is 1.39. The van der Waals surface area contributed by atoms with E-state index in [-0.39, 0.29) is 10.6 Å². The number of nitrogens with zero attached hydrogens (tertiary/aromatic N) is 1. The van der Waals surface area contributed by atoms with Crippen LogP contribution in [-0.4, -0.2) is 50.9 Å². The Hall–Kier alpha value is -3.55. The zero-order valence-corrected chi connectivity index (χ0v) is 21.7. The molecule has 192 valence electrons. The van der Waals surface area contributed by atoms with Crippen molar-refractivity contribution in [3.63, 3.8) is 0 Å². The molecule has 1 fully saturated rings. The van der Waals surface area contributed by atoms with Crippen LogP contribution in [0.2, 0.25) is 0 Å². The molecule has 0 atom stereocenters. The van der Waals surface area contributed by atoms with E-state index in [1.54, 1.807) is 36.4 Å². The van der Waals surface area contributed by atoms with Crippen LogP contribution in [0.3, 0.4) is 0 Å². The fraction of sp³-hybridized carbons (Fsp3) is 0.267. The van der Waals surface area contributed by atoms with Crippen LogP contribution in [0.15, 0.2) is 83.8 Å². The molecule has 1 saturated heterocycles. The molecule has 37 heavy (non-hydrogen) atoms. The second-order valence-electron chi connectivity index (χ2n) is 9.47. The molecule has 0 bridgehead atoms. The Bertz CT molecular complexity index is 1480. The predicted molar refractivity (Wildman–Crippen MR) is 146 cm³/mol. The highest BCUT2D eigenvalue weighted by atomic mass is 32.2. The molecule has 4 aromatic carbocycles. The summed E-state index contributed by atoms with van der Waals surface area (Å²) in [5.41, 5.74) is 1.65. The van der Waals surface area contributed by atoms with Gasteiger partial charge in [-0.25, -0.2) is 8.42 Å². The summed E-state index contributed by atoms with van der Waals surface area (Å²) in [6.07, 6.45) is 5.05. The topological polar surface area (TPSA) is 76.1 Å². The molecule has 0 aromatic heterocycles. The van der Waals surface area contributed by atoms with Crippen LogP contribution in [-0.2, 0) is 9.84 Å². The largest absolute Gasteiger partial charge is 0.508 e. The van der Waals surface area contributed by atoms with E-state index >= 15 is 0 Å². The number of phenols is 1. The number of phenolic OH excluding ortho intramolecular Hbond substituents is 1. The number of hydrogen-bond donors (Lipinski definition) is 1. The van der Waals surface area contributed by atoms with Gasteiger partial charge >= 0.3 is 0 Å². The number of hydrogen-bond acceptors (Lipinski definition) is 6. The van der Waals surface area contributed by atoms with E-state index in [1.165, 1.54) is 25.5 Å². The summed E-state index contributed by atoms with van der Waals surface area (Å²) in [5.74, 6) is 2.25. The van der Waals surface area contributed by atoms with Gasteiger partial charge in [-0.15, -0.1) is 0 Å². The first-order chi connectivity index (χ1) is 17.9. The van der Waals surface area contributed by atoms with Gasteiger partial charge < -0.3 is 14.6 Å². The molecular weight excluding hydrogens is 488 g/mol. The van der Waals surface area contributed by atoms with Crippen LogP contribution >= 0.6 is 0 Å². The second-order valence-corrected chi connectivity index (χ2v) is 11.5. The average Bonchev–Trinajstić information content (AvgIpc) is 2.90. The smallest absolute Gasteiger partial charge is 0.175 e. The number of piperidine rings is 1. The zero-order valence-electron chi connectivity index (χ0n) is 20.9. The van der Waals surface area contributed by atoms with Gasteiger partial charge in [0.2, 0.25) is 0 Å². The summed E-state index contributed by atoms with van der Waals surface area (Å²) in [4.78, 5) is 2.71. The van der Waals surface area contributed by atoms with Gasteiger partial charge in [-0.05, 0) is 97.5 Å². The molecule has 7 heteroatoms. The first-order valence-electron chi connectivity index (χ1n) is 12.6. The summed E-state index contributed by atoms with van der Waals surface area (Å²) in [5, 5.41) is 11.6. The molecule has 0 aliphatic carbocycles. The van der Waals surface area contributed by atoms with Crippen molar-refractivity contribution in [3.05, 3.63) is 78.9 Å². The number of fused-ring (bicyclic) bond motifs is 1. The van der Waals surface area contributed by atoms with E-state index in [0.717, 1.165) is 47.3 Å². The van der Waals surface area contributed by atoms with Crippen molar-refractivity contribution in [2.75, 3.05) is 32.5 Å². The highest BCUT2D eigenvalue weighted by Gasteiger charge is 2.15. The summed E-state index contributed by atoms with van der Waals surface area (Å²) < 4.78 is 36.2. The molecule has 0 amide bonds. The maximum atomic E-state index is 11.9. The number of ether oxygens (including phenoxy) is 2. The first-order valence-corrected chi connectivity index (χ1v) is 14.5. The highest BCUT2D eigenvalue weighted by Crippen LogP contribution is 2.41. The van der Waals surface area contributed by atoms with Crippen molar-refractivity contribution >= 4 is 20.6 Å². The fourth-order valence-electron chi connectivity index (χ4n) is 4.71. The van der Waals surface area contributed by atoms with Gasteiger partial charge in [0.05, 0.1) is 4.90 Å². The van der Waals surface area contributed by atoms with Crippen molar-refractivity contribution in [1.82, 2.24) is 4.90 Å². The van der Waals surface area contributed by atoms with Crippen LogP contribution < -0.4 is 9.47 Å². The molecular formula is C30H31NO5S. The van der Waals surface area contributed by atoms with Gasteiger partial charge in [-0.2, -0.15) is 0 Å². The van der Waals surface area contributed by atoms with Crippen LogP contribution in [0.25, 0.3) is 21.9 Å². The quantitative estimate of drug-likeness (QED) is 0.296. The minimum Gasteiger partial charge on any atom is -0.508 e. The Kier molecular flexibility index (Phi) is 7.35. The Morgan fingerprint density at radius 3 is 2.27 bits per heavy atom. The molecule has 6 nitrogen and oxygen atoms in total. The van der Waals surface area contributed by atoms with E-state index in [9.17, 15) is 13.5 Å². The highest BCUT2D eigenvalue weighted by molar-refractivity contribution is 7.90. The molecule has 1 heterocycles. The lowest BCUT2D eigenvalue weighted by atomic mass is 10.1. The lowest BCUT2D eigenvalue weighted by Crippen LogP contribution is -2.33. The molecule has 1 N–H and O–H groups in total. The lowest BCUT2D eigenvalue weighted by molar-refractivity contribution is 0.183. The maximum absolute atomic E-state index is 11.9. The van der Waals surface area contributed by atoms with Crippen molar-refractivity contribution in [1.29, 1.82) is 0 Å². The molecule has 0 radical (unpaired) electrons. The van der Waals surface area contributed by atoms with E-state index in [2.05, 4.69) is 4.90 Å². The van der Waals surface area contributed by atoms with Crippen LogP contribution in [0.1, 0.15) is 19.3 Å².